The molecule has 0 aliphatic carbocycles. The molecule has 0 saturated heterocycles. The monoisotopic (exact) mass is 1170 g/mol. The van der Waals surface area contributed by atoms with Gasteiger partial charge in [0.25, 0.3) is 0 Å². The van der Waals surface area contributed by atoms with Crippen molar-refractivity contribution >= 4 is 85.8 Å². The van der Waals surface area contributed by atoms with E-state index in [1.54, 1.807) is 36.0 Å². The fourth-order valence-electron chi connectivity index (χ4n) is 10.5. The van der Waals surface area contributed by atoms with Gasteiger partial charge in [-0.1, -0.05) is 200 Å². The average Bonchev–Trinajstić information content (AvgIpc) is 3.67. The fourth-order valence-corrected chi connectivity index (χ4v) is 13.7. The van der Waals surface area contributed by atoms with Crippen molar-refractivity contribution in [2.24, 2.45) is 4.99 Å². The van der Waals surface area contributed by atoms with Crippen molar-refractivity contribution in [1.82, 2.24) is 0 Å². The Kier molecular flexibility index (Phi) is 18.4. The predicted molar refractivity (Wildman–Crippen MR) is 355 cm³/mol. The van der Waals surface area contributed by atoms with Gasteiger partial charge < -0.3 is 19.8 Å². The third-order valence-corrected chi connectivity index (χ3v) is 19.2. The third-order valence-electron chi connectivity index (χ3n) is 15.2. The first kappa shape index (κ1) is 58.1. The van der Waals surface area contributed by atoms with Crippen molar-refractivity contribution < 1.29 is 18.5 Å². The molecule has 0 fully saturated rings. The summed E-state index contributed by atoms with van der Waals surface area (Å²) < 4.78 is 25.1. The number of benzene rings is 11. The van der Waals surface area contributed by atoms with E-state index in [9.17, 15) is 18.5 Å². The molecule has 0 amide bonds. The Morgan fingerprint density at radius 3 is 1.32 bits per heavy atom. The highest BCUT2D eigenvalue weighted by molar-refractivity contribution is 7.99. The van der Waals surface area contributed by atoms with Crippen LogP contribution in [0, 0.1) is 6.92 Å². The van der Waals surface area contributed by atoms with Gasteiger partial charge >= 0.3 is 7.12 Å². The number of anilines is 6. The van der Waals surface area contributed by atoms with Gasteiger partial charge in [0.2, 0.25) is 0 Å². The van der Waals surface area contributed by atoms with E-state index in [0.29, 0.717) is 16.3 Å². The van der Waals surface area contributed by atoms with Crippen molar-refractivity contribution in [2.45, 2.75) is 64.0 Å². The molecule has 11 aromatic rings. The highest BCUT2D eigenvalue weighted by Gasteiger charge is 2.21. The molecule has 2 aliphatic rings. The summed E-state index contributed by atoms with van der Waals surface area (Å²) in [7, 11) is -4.88. The SMILES string of the molecule is CC(=NCS(=O)(=O)c1ccc(C)cc1)c1ccc2c(c1)Cc1ccccc1S2.CC(c1ccc(N(c2ccccc2)c2ccccc2)cc1)c1ccc2c(c1)Cc1ccccc1S2.OB(O)c1ccc(N(c2ccccc2)c2ccccc2)cc1. The molecule has 13 rings (SSSR count). The molecule has 0 spiro atoms. The summed E-state index contributed by atoms with van der Waals surface area (Å²) in [5, 5.41) is 18.5. The average molecular weight is 1170 g/mol. The van der Waals surface area contributed by atoms with Crippen LogP contribution >= 0.6 is 23.5 Å². The molecular formula is C74H64BN3O4S3. The highest BCUT2D eigenvalue weighted by atomic mass is 32.2. The number of nitrogens with zero attached hydrogens (tertiary/aromatic N) is 3. The van der Waals surface area contributed by atoms with Crippen LogP contribution in [0.1, 0.15) is 64.3 Å². The first-order valence-corrected chi connectivity index (χ1v) is 31.7. The summed E-state index contributed by atoms with van der Waals surface area (Å²) in [6.07, 6.45) is 1.91. The van der Waals surface area contributed by atoms with Crippen LogP contribution in [0.15, 0.2) is 309 Å². The lowest BCUT2D eigenvalue weighted by atomic mass is 9.80. The van der Waals surface area contributed by atoms with Crippen LogP contribution < -0.4 is 15.3 Å². The summed E-state index contributed by atoms with van der Waals surface area (Å²) in [6, 6.07) is 94.9. The number of para-hydroxylation sites is 4. The molecule has 85 heavy (non-hydrogen) atoms. The molecule has 11 heteroatoms. The molecule has 0 bridgehead atoms. The zero-order chi connectivity index (χ0) is 58.7. The second-order valence-corrected chi connectivity index (χ2v) is 25.2. The Labute approximate surface area is 509 Å². The minimum atomic E-state index is -3.43. The maximum atomic E-state index is 12.5. The van der Waals surface area contributed by atoms with Crippen molar-refractivity contribution in [2.75, 3.05) is 15.7 Å². The number of hydrogen-bond acceptors (Lipinski definition) is 9. The molecule has 7 nitrogen and oxygen atoms in total. The lowest BCUT2D eigenvalue weighted by Gasteiger charge is -2.26. The quantitative estimate of drug-likeness (QED) is 0.0871. The Morgan fingerprint density at radius 1 is 0.459 bits per heavy atom. The summed E-state index contributed by atoms with van der Waals surface area (Å²) in [6.45, 7) is 6.12. The maximum Gasteiger partial charge on any atom is 0.488 e. The van der Waals surface area contributed by atoms with Gasteiger partial charge in [0.15, 0.2) is 9.84 Å². The molecule has 0 saturated carbocycles. The number of sulfone groups is 1. The van der Waals surface area contributed by atoms with Crippen molar-refractivity contribution in [3.63, 3.8) is 0 Å². The minimum absolute atomic E-state index is 0.240. The first-order valence-electron chi connectivity index (χ1n) is 28.4. The molecule has 2 aliphatic heterocycles. The van der Waals surface area contributed by atoms with Crippen LogP contribution in [0.2, 0.25) is 0 Å². The molecule has 1 unspecified atom stereocenters. The molecule has 420 valence electrons. The van der Waals surface area contributed by atoms with Gasteiger partial charge in [-0.3, -0.25) is 4.99 Å². The Balaban J connectivity index is 0.000000137. The Morgan fingerprint density at radius 2 is 0.847 bits per heavy atom. The van der Waals surface area contributed by atoms with E-state index in [1.807, 2.05) is 117 Å². The van der Waals surface area contributed by atoms with Gasteiger partial charge in [0.1, 0.15) is 5.88 Å². The summed E-state index contributed by atoms with van der Waals surface area (Å²) >= 11 is 3.68. The normalized spacial score (nSPS) is 12.5. The lowest BCUT2D eigenvalue weighted by Crippen LogP contribution is -2.29. The van der Waals surface area contributed by atoms with Crippen molar-refractivity contribution in [3.8, 4) is 0 Å². The number of aryl methyl sites for hydroxylation is 1. The number of hydrogen-bond donors (Lipinski definition) is 2. The van der Waals surface area contributed by atoms with Crippen molar-refractivity contribution in [1.29, 1.82) is 0 Å². The zero-order valence-corrected chi connectivity index (χ0v) is 50.1. The van der Waals surface area contributed by atoms with E-state index < -0.39 is 17.0 Å². The van der Waals surface area contributed by atoms with Crippen molar-refractivity contribution in [3.05, 3.63) is 324 Å². The summed E-state index contributed by atoms with van der Waals surface area (Å²) in [4.78, 5) is 14.4. The van der Waals surface area contributed by atoms with E-state index in [-0.39, 0.29) is 5.88 Å². The standard InChI is InChI=1S/C33H27NS.C23H21NO2S2.C18H16BNO2/c1-24(26-18-21-33-28(22-26)23-27-10-8-9-15-32(27)35-33)25-16-19-31(20-17-25)34(29-11-4-2-5-12-29)30-13-6-3-7-14-30;1-16-7-10-21(11-8-16)28(25,26)15-24-17(2)18-9-12-23-20(13-18)14-19-5-3-4-6-22(19)27-23;21-19(22)15-11-13-18(14-12-15)20(16-7-3-1-4-8-16)17-9-5-2-6-10-17/h2-22,24H,23H2,1H3;3-13H,14-15H2,1-2H3;1-14,21-22H. The molecule has 0 aromatic heterocycles. The molecule has 11 aromatic carbocycles. The number of aliphatic imine (C=N–C) groups is 1. The van der Waals surface area contributed by atoms with Crippen LogP contribution in [-0.2, 0) is 22.7 Å². The fraction of sp³-hybridized carbons (Fsp3) is 0.0946. The van der Waals surface area contributed by atoms with Gasteiger partial charge in [-0.05, 0) is 186 Å². The largest absolute Gasteiger partial charge is 0.488 e. The number of fused-ring (bicyclic) bond motifs is 4. The zero-order valence-electron chi connectivity index (χ0n) is 47.6. The maximum absolute atomic E-state index is 12.5. The third kappa shape index (κ3) is 14.1. The Bertz CT molecular complexity index is 4100. The van der Waals surface area contributed by atoms with Crippen LogP contribution in [0.25, 0.3) is 0 Å². The van der Waals surface area contributed by atoms with Gasteiger partial charge in [-0.25, -0.2) is 8.42 Å². The van der Waals surface area contributed by atoms with Gasteiger partial charge in [0.05, 0.1) is 4.90 Å². The molecule has 2 N–H and O–H groups in total. The minimum Gasteiger partial charge on any atom is -0.423 e. The smallest absolute Gasteiger partial charge is 0.423 e. The van der Waals surface area contributed by atoms with E-state index in [1.165, 1.54) is 53.0 Å². The molecular weight excluding hydrogens is 1100 g/mol. The second kappa shape index (κ2) is 26.9. The molecule has 1 atom stereocenters. The summed E-state index contributed by atoms with van der Waals surface area (Å²) in [5.74, 6) is 0.0923. The summed E-state index contributed by atoms with van der Waals surface area (Å²) in [5.41, 5.74) is 17.9. The van der Waals surface area contributed by atoms with Crippen LogP contribution in [0.4, 0.5) is 34.1 Å². The second-order valence-electron chi connectivity index (χ2n) is 21.1. The van der Waals surface area contributed by atoms with Crippen LogP contribution in [-0.4, -0.2) is 37.2 Å². The van der Waals surface area contributed by atoms with Crippen LogP contribution in [0.5, 0.6) is 0 Å². The highest BCUT2D eigenvalue weighted by Crippen LogP contribution is 2.43. The Hall–Kier alpha value is -8.68. The van der Waals surface area contributed by atoms with Gasteiger partial charge in [-0.2, -0.15) is 0 Å². The van der Waals surface area contributed by atoms with Gasteiger partial charge in [0, 0.05) is 65.3 Å². The van der Waals surface area contributed by atoms with E-state index in [2.05, 4.69) is 186 Å². The van der Waals surface area contributed by atoms with E-state index in [4.69, 9.17) is 0 Å². The lowest BCUT2D eigenvalue weighted by molar-refractivity contribution is 0.426. The number of rotatable bonds is 13. The molecule has 0 radical (unpaired) electrons. The van der Waals surface area contributed by atoms with E-state index in [0.717, 1.165) is 63.8 Å². The molecule has 2 heterocycles. The predicted octanol–water partition coefficient (Wildman–Crippen LogP) is 17.5. The van der Waals surface area contributed by atoms with Gasteiger partial charge in [-0.15, -0.1) is 0 Å². The van der Waals surface area contributed by atoms with E-state index >= 15 is 0 Å². The van der Waals surface area contributed by atoms with Crippen LogP contribution in [0.3, 0.4) is 0 Å². The topological polar surface area (TPSA) is 93.4 Å². The first-order chi connectivity index (χ1) is 41.4.